The molecule has 1 aliphatic rings. The van der Waals surface area contributed by atoms with Gasteiger partial charge in [-0.1, -0.05) is 6.92 Å². The molecule has 6 heteroatoms. The Hall–Kier alpha value is -0.850. The molecule has 0 aliphatic carbocycles. The number of carbonyl (C=O) groups is 1. The van der Waals surface area contributed by atoms with Crippen molar-refractivity contribution in [1.29, 1.82) is 0 Å². The molecule has 2 N–H and O–H groups in total. The third-order valence-electron chi connectivity index (χ3n) is 4.18. The zero-order valence-electron chi connectivity index (χ0n) is 13.2. The van der Waals surface area contributed by atoms with Crippen molar-refractivity contribution in [3.8, 4) is 0 Å². The minimum absolute atomic E-state index is 0.212. The van der Waals surface area contributed by atoms with Gasteiger partial charge in [0.1, 0.15) is 0 Å². The van der Waals surface area contributed by atoms with E-state index in [1.54, 1.807) is 0 Å². The van der Waals surface area contributed by atoms with Crippen LogP contribution in [0.1, 0.15) is 32.6 Å². The fourth-order valence-corrected chi connectivity index (χ4v) is 2.72. The van der Waals surface area contributed by atoms with Crippen molar-refractivity contribution in [2.24, 2.45) is 5.92 Å². The largest absolute Gasteiger partial charge is 0.465 e. The number of rotatable bonds is 10. The van der Waals surface area contributed by atoms with Crippen molar-refractivity contribution in [3.05, 3.63) is 0 Å². The number of ether oxygens (including phenoxy) is 1. The molecule has 0 unspecified atom stereocenters. The lowest BCUT2D eigenvalue weighted by atomic mass is 9.94. The van der Waals surface area contributed by atoms with Gasteiger partial charge in [0.2, 0.25) is 0 Å². The van der Waals surface area contributed by atoms with Crippen molar-refractivity contribution in [1.82, 2.24) is 9.80 Å². The van der Waals surface area contributed by atoms with Gasteiger partial charge in [-0.15, -0.1) is 0 Å². The summed E-state index contributed by atoms with van der Waals surface area (Å²) in [4.78, 5) is 14.5. The summed E-state index contributed by atoms with van der Waals surface area (Å²) in [6.07, 6.45) is 3.13. The second kappa shape index (κ2) is 10.8. The summed E-state index contributed by atoms with van der Waals surface area (Å²) < 4.78 is 5.66. The van der Waals surface area contributed by atoms with E-state index in [-0.39, 0.29) is 6.61 Å². The van der Waals surface area contributed by atoms with Gasteiger partial charge in [-0.2, -0.15) is 0 Å². The minimum Gasteiger partial charge on any atom is -0.465 e. The molecule has 1 rings (SSSR count). The zero-order chi connectivity index (χ0) is 15.5. The van der Waals surface area contributed by atoms with Crippen molar-refractivity contribution in [3.63, 3.8) is 0 Å². The Morgan fingerprint density at radius 3 is 2.57 bits per heavy atom. The van der Waals surface area contributed by atoms with Crippen LogP contribution in [0.25, 0.3) is 0 Å². The lowest BCUT2D eigenvalue weighted by Crippen LogP contribution is -2.37. The van der Waals surface area contributed by atoms with Crippen molar-refractivity contribution >= 4 is 6.09 Å². The number of likely N-dealkylation sites (N-methyl/N-ethyl adjacent to an activating group) is 1. The number of hydrogen-bond acceptors (Lipinski definition) is 4. The highest BCUT2D eigenvalue weighted by molar-refractivity contribution is 5.64. The van der Waals surface area contributed by atoms with Crippen LogP contribution in [-0.4, -0.2) is 78.7 Å². The van der Waals surface area contributed by atoms with E-state index < -0.39 is 6.09 Å². The lowest BCUT2D eigenvalue weighted by molar-refractivity contribution is 0.0887. The van der Waals surface area contributed by atoms with E-state index in [4.69, 9.17) is 14.9 Å². The van der Waals surface area contributed by atoms with Crippen molar-refractivity contribution in [2.75, 3.05) is 52.5 Å². The van der Waals surface area contributed by atoms with Crippen LogP contribution in [0.4, 0.5) is 4.79 Å². The predicted molar refractivity (Wildman–Crippen MR) is 81.6 cm³/mol. The molecule has 0 spiro atoms. The number of aliphatic hydroxyl groups excluding tert-OH is 1. The van der Waals surface area contributed by atoms with Crippen LogP contribution >= 0.6 is 0 Å². The first-order valence-corrected chi connectivity index (χ1v) is 8.06. The molecule has 6 nitrogen and oxygen atoms in total. The van der Waals surface area contributed by atoms with Crippen LogP contribution in [0.15, 0.2) is 0 Å². The topological polar surface area (TPSA) is 73.2 Å². The Morgan fingerprint density at radius 2 is 2.00 bits per heavy atom. The standard InChI is InChI=1S/C15H30N2O4/c1-2-16(10-11-18)7-3-12-21-13-6-14-4-8-17(9-5-14)15(19)20/h14,18H,2-13H2,1H3,(H,19,20). The number of amides is 1. The number of nitrogens with zero attached hydrogens (tertiary/aromatic N) is 2. The first kappa shape index (κ1) is 18.2. The summed E-state index contributed by atoms with van der Waals surface area (Å²) in [5, 5.41) is 17.8. The summed E-state index contributed by atoms with van der Waals surface area (Å²) >= 11 is 0. The van der Waals surface area contributed by atoms with Crippen LogP contribution in [0.5, 0.6) is 0 Å². The molecule has 1 amide bonds. The number of aliphatic hydroxyl groups is 1. The van der Waals surface area contributed by atoms with Gasteiger partial charge >= 0.3 is 6.09 Å². The normalized spacial score (nSPS) is 16.6. The Morgan fingerprint density at radius 1 is 1.29 bits per heavy atom. The van der Waals surface area contributed by atoms with E-state index in [1.165, 1.54) is 4.90 Å². The molecule has 0 radical (unpaired) electrons. The molecule has 1 fully saturated rings. The van der Waals surface area contributed by atoms with Crippen LogP contribution in [0.2, 0.25) is 0 Å². The van der Waals surface area contributed by atoms with E-state index in [9.17, 15) is 4.79 Å². The van der Waals surface area contributed by atoms with Gasteiger partial charge in [0, 0.05) is 39.4 Å². The number of carboxylic acid groups (broad SMARTS) is 1. The highest BCUT2D eigenvalue weighted by atomic mass is 16.5. The SMILES string of the molecule is CCN(CCO)CCCOCCC1CCN(C(=O)O)CC1. The van der Waals surface area contributed by atoms with E-state index in [2.05, 4.69) is 11.8 Å². The fourth-order valence-electron chi connectivity index (χ4n) is 2.72. The lowest BCUT2D eigenvalue weighted by Gasteiger charge is -2.29. The molecule has 0 aromatic carbocycles. The van der Waals surface area contributed by atoms with Crippen LogP contribution in [0, 0.1) is 5.92 Å². The molecule has 21 heavy (non-hydrogen) atoms. The summed E-state index contributed by atoms with van der Waals surface area (Å²) in [5.74, 6) is 0.599. The average molecular weight is 302 g/mol. The highest BCUT2D eigenvalue weighted by Gasteiger charge is 2.21. The van der Waals surface area contributed by atoms with Gasteiger partial charge in [-0.3, -0.25) is 0 Å². The first-order valence-electron chi connectivity index (χ1n) is 8.06. The molecular formula is C15H30N2O4. The molecule has 0 aromatic heterocycles. The summed E-state index contributed by atoms with van der Waals surface area (Å²) in [5.41, 5.74) is 0. The first-order chi connectivity index (χ1) is 10.2. The summed E-state index contributed by atoms with van der Waals surface area (Å²) in [6, 6.07) is 0. The molecule has 0 saturated carbocycles. The summed E-state index contributed by atoms with van der Waals surface area (Å²) in [7, 11) is 0. The molecule has 0 bridgehead atoms. The minimum atomic E-state index is -0.798. The molecule has 1 saturated heterocycles. The Kier molecular flexibility index (Phi) is 9.37. The maximum Gasteiger partial charge on any atom is 0.407 e. The van der Waals surface area contributed by atoms with Crippen LogP contribution in [-0.2, 0) is 4.74 Å². The van der Waals surface area contributed by atoms with Gasteiger partial charge < -0.3 is 24.7 Å². The molecule has 0 aromatic rings. The predicted octanol–water partition coefficient (Wildman–Crippen LogP) is 1.49. The summed E-state index contributed by atoms with van der Waals surface area (Å²) in [6.45, 7) is 7.82. The number of likely N-dealkylation sites (tertiary alicyclic amines) is 1. The second-order valence-electron chi connectivity index (χ2n) is 5.63. The fraction of sp³-hybridized carbons (Fsp3) is 0.933. The highest BCUT2D eigenvalue weighted by Crippen LogP contribution is 2.20. The monoisotopic (exact) mass is 302 g/mol. The Balaban J connectivity index is 1.96. The van der Waals surface area contributed by atoms with E-state index in [0.29, 0.717) is 19.0 Å². The van der Waals surface area contributed by atoms with Gasteiger partial charge in [0.05, 0.1) is 6.61 Å². The molecule has 0 atom stereocenters. The Bertz CT molecular complexity index is 281. The van der Waals surface area contributed by atoms with Gasteiger partial charge in [-0.25, -0.2) is 4.79 Å². The van der Waals surface area contributed by atoms with Crippen LogP contribution < -0.4 is 0 Å². The third-order valence-corrected chi connectivity index (χ3v) is 4.18. The van der Waals surface area contributed by atoms with Gasteiger partial charge in [0.25, 0.3) is 0 Å². The van der Waals surface area contributed by atoms with Crippen molar-refractivity contribution in [2.45, 2.75) is 32.6 Å². The van der Waals surface area contributed by atoms with E-state index >= 15 is 0 Å². The quantitative estimate of drug-likeness (QED) is 0.598. The van der Waals surface area contributed by atoms with Gasteiger partial charge in [-0.05, 0) is 38.1 Å². The van der Waals surface area contributed by atoms with Gasteiger partial charge in [0.15, 0.2) is 0 Å². The smallest absolute Gasteiger partial charge is 0.407 e. The molecule has 124 valence electrons. The van der Waals surface area contributed by atoms with Crippen LogP contribution in [0.3, 0.4) is 0 Å². The molecular weight excluding hydrogens is 272 g/mol. The number of piperidine rings is 1. The maximum absolute atomic E-state index is 10.8. The Labute approximate surface area is 127 Å². The number of hydrogen-bond donors (Lipinski definition) is 2. The second-order valence-corrected chi connectivity index (χ2v) is 5.63. The molecule has 1 aliphatic heterocycles. The third kappa shape index (κ3) is 7.64. The maximum atomic E-state index is 10.8. The zero-order valence-corrected chi connectivity index (χ0v) is 13.2. The average Bonchev–Trinajstić information content (AvgIpc) is 2.50. The van der Waals surface area contributed by atoms with E-state index in [1.807, 2.05) is 0 Å². The van der Waals surface area contributed by atoms with Crippen molar-refractivity contribution < 1.29 is 19.7 Å². The van der Waals surface area contributed by atoms with E-state index in [0.717, 1.165) is 58.5 Å². The molecule has 1 heterocycles.